The average Bonchev–Trinajstić information content (AvgIpc) is 3.09. The number of anilines is 2. The minimum Gasteiger partial charge on any atom is -0.479 e. The number of aliphatic carboxylic acids is 1. The van der Waals surface area contributed by atoms with Gasteiger partial charge in [0.15, 0.2) is 11.9 Å². The lowest BCUT2D eigenvalue weighted by atomic mass is 9.84. The predicted molar refractivity (Wildman–Crippen MR) is 175 cm³/mol. The van der Waals surface area contributed by atoms with E-state index in [9.17, 15) is 32.7 Å². The second kappa shape index (κ2) is 16.5. The molecule has 0 bridgehead atoms. The molecule has 260 valence electrons. The predicted octanol–water partition coefficient (Wildman–Crippen LogP) is 5.75. The molecule has 0 radical (unpaired) electrons. The van der Waals surface area contributed by atoms with Crippen molar-refractivity contribution in [1.29, 1.82) is 0 Å². The Kier molecular flexibility index (Phi) is 12.3. The van der Waals surface area contributed by atoms with E-state index in [0.29, 0.717) is 17.2 Å². The number of nitrogens with two attached hydrogens (primary N) is 1. The van der Waals surface area contributed by atoms with Crippen LogP contribution in [0.5, 0.6) is 5.75 Å². The summed E-state index contributed by atoms with van der Waals surface area (Å²) in [6, 6.07) is 16.6. The van der Waals surface area contributed by atoms with E-state index >= 15 is 0 Å². The summed E-state index contributed by atoms with van der Waals surface area (Å²) in [5.41, 5.74) is 8.18. The molecule has 0 saturated heterocycles. The van der Waals surface area contributed by atoms with Crippen molar-refractivity contribution >= 4 is 35.1 Å². The Balaban J connectivity index is 1.61. The lowest BCUT2D eigenvalue weighted by Crippen LogP contribution is -2.36. The van der Waals surface area contributed by atoms with Crippen LogP contribution in [-0.2, 0) is 11.3 Å². The van der Waals surface area contributed by atoms with E-state index in [1.54, 1.807) is 12.1 Å². The maximum absolute atomic E-state index is 13.8. The van der Waals surface area contributed by atoms with E-state index in [1.807, 2.05) is 24.3 Å². The standard InChI is InChI=1S/C33H36F3N7O6/c1-38-42-41-29(37)26-17-24(13-16-28(26)49-33(34,35)36)40-32(48)43(25-14-11-22(12-15-25)21-5-3-2-4-6-21)19-20-7-9-23(10-8-20)30(45)39-18-27(44)31(46)47/h7-17,21,27,44H,2-6,18-19H2,1H3,(H,39,45)(H,40,48)(H,46,47)(H2,37,38,41)/t27-/m1/s1. The topological polar surface area (TPSA) is 191 Å². The molecule has 0 heterocycles. The maximum atomic E-state index is 13.8. The van der Waals surface area contributed by atoms with E-state index in [-0.39, 0.29) is 23.4 Å². The molecule has 3 aromatic carbocycles. The van der Waals surface area contributed by atoms with E-state index in [0.717, 1.165) is 37.3 Å². The highest BCUT2D eigenvalue weighted by molar-refractivity contribution is 6.04. The number of alkyl halides is 3. The number of ether oxygens (including phenoxy) is 1. The van der Waals surface area contributed by atoms with Crippen LogP contribution in [0.2, 0.25) is 0 Å². The molecule has 0 aliphatic heterocycles. The number of aliphatic hydroxyl groups is 1. The first-order chi connectivity index (χ1) is 23.3. The number of halogens is 3. The first kappa shape index (κ1) is 36.3. The number of carbonyl (C=O) groups excluding carboxylic acids is 2. The molecule has 3 aromatic rings. The quantitative estimate of drug-likeness (QED) is 0.0695. The van der Waals surface area contributed by atoms with Crippen molar-refractivity contribution in [2.45, 2.75) is 57.0 Å². The monoisotopic (exact) mass is 683 g/mol. The smallest absolute Gasteiger partial charge is 0.479 e. The average molecular weight is 684 g/mol. The summed E-state index contributed by atoms with van der Waals surface area (Å²) in [5, 5.41) is 33.6. The molecule has 1 fully saturated rings. The molecule has 0 aromatic heterocycles. The zero-order valence-corrected chi connectivity index (χ0v) is 26.5. The van der Waals surface area contributed by atoms with Gasteiger partial charge in [0.25, 0.3) is 5.91 Å². The normalized spacial score (nSPS) is 14.7. The fraction of sp³-hybridized carbons (Fsp3) is 0.333. The fourth-order valence-corrected chi connectivity index (χ4v) is 5.32. The number of hydrogen-bond donors (Lipinski definition) is 5. The third kappa shape index (κ3) is 10.5. The second-order valence-electron chi connectivity index (χ2n) is 11.2. The molecule has 1 saturated carbocycles. The van der Waals surface area contributed by atoms with Gasteiger partial charge in [-0.3, -0.25) is 9.69 Å². The first-order valence-corrected chi connectivity index (χ1v) is 15.3. The van der Waals surface area contributed by atoms with Gasteiger partial charge in [0.2, 0.25) is 0 Å². The van der Waals surface area contributed by atoms with Gasteiger partial charge in [-0.25, -0.2) is 9.59 Å². The van der Waals surface area contributed by atoms with Gasteiger partial charge in [0.1, 0.15) is 5.75 Å². The molecular formula is C33H36F3N7O6. The van der Waals surface area contributed by atoms with Crippen LogP contribution in [-0.4, -0.2) is 60.0 Å². The molecule has 13 nitrogen and oxygen atoms in total. The number of hydrogen-bond acceptors (Lipinski definition) is 7. The van der Waals surface area contributed by atoms with Gasteiger partial charge in [0.05, 0.1) is 25.7 Å². The number of benzene rings is 3. The van der Waals surface area contributed by atoms with Crippen LogP contribution >= 0.6 is 0 Å². The molecule has 6 N–H and O–H groups in total. The minimum absolute atomic E-state index is 0.0246. The molecule has 16 heteroatoms. The molecular weight excluding hydrogens is 647 g/mol. The van der Waals surface area contributed by atoms with Crippen LogP contribution < -0.4 is 26.0 Å². The Morgan fingerprint density at radius 1 is 1.02 bits per heavy atom. The van der Waals surface area contributed by atoms with Crippen molar-refractivity contribution in [3.05, 3.63) is 89.0 Å². The number of urea groups is 1. The summed E-state index contributed by atoms with van der Waals surface area (Å²) in [5.74, 6) is -2.73. The highest BCUT2D eigenvalue weighted by atomic mass is 19.4. The van der Waals surface area contributed by atoms with Crippen LogP contribution in [0.25, 0.3) is 0 Å². The third-order valence-electron chi connectivity index (χ3n) is 7.80. The Morgan fingerprint density at radius 3 is 2.31 bits per heavy atom. The highest BCUT2D eigenvalue weighted by Gasteiger charge is 2.33. The largest absolute Gasteiger partial charge is 0.573 e. The molecule has 3 amide bonds. The summed E-state index contributed by atoms with van der Waals surface area (Å²) in [6.45, 7) is -0.456. The van der Waals surface area contributed by atoms with Crippen LogP contribution in [0.1, 0.15) is 65.1 Å². The summed E-state index contributed by atoms with van der Waals surface area (Å²) < 4.78 is 43.4. The first-order valence-electron chi connectivity index (χ1n) is 15.3. The zero-order valence-electron chi connectivity index (χ0n) is 26.5. The van der Waals surface area contributed by atoms with Crippen molar-refractivity contribution in [3.63, 3.8) is 0 Å². The molecule has 0 spiro atoms. The number of aliphatic hydroxyl groups excluding tert-OH is 1. The van der Waals surface area contributed by atoms with Crippen LogP contribution in [0, 0.1) is 0 Å². The van der Waals surface area contributed by atoms with E-state index in [1.165, 1.54) is 42.6 Å². The maximum Gasteiger partial charge on any atom is 0.573 e. The number of amidine groups is 1. The SMILES string of the molecule is CN=N/N=C(\N)c1cc(NC(=O)N(Cc2ccc(C(=O)NC[C@@H](O)C(=O)O)cc2)c2ccc(C3CCCCC3)cc2)ccc1OC(F)(F)F. The number of nitrogens with zero attached hydrogens (tertiary/aromatic N) is 4. The van der Waals surface area contributed by atoms with Crippen molar-refractivity contribution in [1.82, 2.24) is 5.32 Å². The fourth-order valence-electron chi connectivity index (χ4n) is 5.32. The zero-order chi connectivity index (χ0) is 35.6. The number of carboxylic acids is 1. The summed E-state index contributed by atoms with van der Waals surface area (Å²) in [6.07, 6.45) is -1.10. The van der Waals surface area contributed by atoms with Gasteiger partial charge in [-0.05, 0) is 77.6 Å². The molecule has 1 aliphatic rings. The van der Waals surface area contributed by atoms with E-state index in [2.05, 4.69) is 30.8 Å². The minimum atomic E-state index is -5.03. The molecule has 0 unspecified atom stereocenters. The van der Waals surface area contributed by atoms with Crippen molar-refractivity contribution in [2.24, 2.45) is 21.2 Å². The Morgan fingerprint density at radius 2 is 1.69 bits per heavy atom. The van der Waals surface area contributed by atoms with Crippen LogP contribution in [0.4, 0.5) is 29.3 Å². The van der Waals surface area contributed by atoms with Crippen molar-refractivity contribution < 1.29 is 42.5 Å². The van der Waals surface area contributed by atoms with E-state index in [4.69, 9.17) is 10.8 Å². The van der Waals surface area contributed by atoms with Crippen LogP contribution in [0.15, 0.2) is 82.2 Å². The lowest BCUT2D eigenvalue weighted by molar-refractivity contribution is -0.274. The van der Waals surface area contributed by atoms with Crippen LogP contribution in [0.3, 0.4) is 0 Å². The van der Waals surface area contributed by atoms with Gasteiger partial charge in [-0.2, -0.15) is 5.11 Å². The van der Waals surface area contributed by atoms with Gasteiger partial charge < -0.3 is 31.3 Å². The number of carboxylic acid groups (broad SMARTS) is 1. The number of carbonyl (C=O) groups is 3. The highest BCUT2D eigenvalue weighted by Crippen LogP contribution is 2.34. The molecule has 1 atom stereocenters. The molecule has 4 rings (SSSR count). The van der Waals surface area contributed by atoms with Gasteiger partial charge in [-0.15, -0.1) is 18.3 Å². The number of nitrogens with one attached hydrogen (secondary N) is 2. The number of amides is 3. The number of rotatable bonds is 12. The second-order valence-corrected chi connectivity index (χ2v) is 11.2. The van der Waals surface area contributed by atoms with Gasteiger partial charge in [-0.1, -0.05) is 43.5 Å². The Hall–Kier alpha value is -5.51. The summed E-state index contributed by atoms with van der Waals surface area (Å²) in [4.78, 5) is 38.5. The molecule has 1 aliphatic carbocycles. The molecule has 49 heavy (non-hydrogen) atoms. The summed E-state index contributed by atoms with van der Waals surface area (Å²) in [7, 11) is 1.30. The summed E-state index contributed by atoms with van der Waals surface area (Å²) >= 11 is 0. The Labute approximate surface area is 279 Å². The Bertz CT molecular complexity index is 1680. The van der Waals surface area contributed by atoms with Crippen molar-refractivity contribution in [3.8, 4) is 5.75 Å². The van der Waals surface area contributed by atoms with Gasteiger partial charge in [0, 0.05) is 16.9 Å². The third-order valence-corrected chi connectivity index (χ3v) is 7.80. The van der Waals surface area contributed by atoms with E-state index < -0.39 is 48.5 Å². The lowest BCUT2D eigenvalue weighted by Gasteiger charge is -2.26. The van der Waals surface area contributed by atoms with Crippen molar-refractivity contribution in [2.75, 3.05) is 23.8 Å². The van der Waals surface area contributed by atoms with Gasteiger partial charge >= 0.3 is 18.4 Å².